The molecule has 14 heavy (non-hydrogen) atoms. The van der Waals surface area contributed by atoms with E-state index in [1.54, 1.807) is 0 Å². The second-order valence-corrected chi connectivity index (χ2v) is 4.60. The third-order valence-corrected chi connectivity index (χ3v) is 2.32. The lowest BCUT2D eigenvalue weighted by atomic mass is 9.93. The molecule has 0 bridgehead atoms. The molecule has 0 rings (SSSR count). The molecule has 0 atom stereocenters. The Hall–Kier alpha value is -0.520. The second-order valence-electron chi connectivity index (χ2n) is 4.60. The van der Waals surface area contributed by atoms with E-state index >= 15 is 0 Å². The number of rotatable bonds is 7. The molecule has 0 aromatic rings. The molecule has 0 unspecified atom stereocenters. The predicted octanol–water partition coefficient (Wildman–Crippen LogP) is 1.71. The first-order valence-electron chi connectivity index (χ1n) is 5.41. The average molecular weight is 196 g/mol. The van der Waals surface area contributed by atoms with E-state index < -0.39 is 0 Å². The van der Waals surface area contributed by atoms with Gasteiger partial charge >= 0.3 is 0 Å². The summed E-state index contributed by atoms with van der Waals surface area (Å²) in [5, 5.41) is 0. The van der Waals surface area contributed by atoms with Gasteiger partial charge in [-0.15, -0.1) is 12.3 Å². The fraction of sp³-hybridized carbons (Fsp3) is 0.833. The quantitative estimate of drug-likeness (QED) is 0.628. The Kier molecular flexibility index (Phi) is 6.61. The average Bonchev–Trinajstić information content (AvgIpc) is 2.14. The zero-order valence-electron chi connectivity index (χ0n) is 9.84. The minimum Gasteiger partial charge on any atom is -0.330 e. The summed E-state index contributed by atoms with van der Waals surface area (Å²) in [5.74, 6) is 2.69. The van der Waals surface area contributed by atoms with Gasteiger partial charge in [-0.3, -0.25) is 0 Å². The summed E-state index contributed by atoms with van der Waals surface area (Å²) in [6.07, 6.45) is 7.27. The molecule has 0 fully saturated rings. The second kappa shape index (κ2) is 6.86. The van der Waals surface area contributed by atoms with Crippen molar-refractivity contribution in [2.24, 2.45) is 11.1 Å². The first-order chi connectivity index (χ1) is 6.55. The Morgan fingerprint density at radius 1 is 1.36 bits per heavy atom. The van der Waals surface area contributed by atoms with Gasteiger partial charge in [0.1, 0.15) is 0 Å². The van der Waals surface area contributed by atoms with Gasteiger partial charge in [0.25, 0.3) is 0 Å². The van der Waals surface area contributed by atoms with Gasteiger partial charge in [-0.2, -0.15) is 0 Å². The van der Waals surface area contributed by atoms with Crippen LogP contribution in [0.5, 0.6) is 0 Å². The molecule has 0 aromatic carbocycles. The van der Waals surface area contributed by atoms with Crippen LogP contribution in [0.25, 0.3) is 0 Å². The predicted molar refractivity (Wildman–Crippen MR) is 63.0 cm³/mol. The molecular weight excluding hydrogens is 172 g/mol. The van der Waals surface area contributed by atoms with E-state index in [-0.39, 0.29) is 5.41 Å². The molecule has 2 heteroatoms. The van der Waals surface area contributed by atoms with Crippen LogP contribution in [0.4, 0.5) is 0 Å². The Balaban J connectivity index is 4.02. The summed E-state index contributed by atoms with van der Waals surface area (Å²) in [7, 11) is 0. The molecule has 2 N–H and O–H groups in total. The smallest absolute Gasteiger partial charge is 0.0214 e. The Labute approximate surface area is 88.9 Å². The van der Waals surface area contributed by atoms with Crippen LogP contribution >= 0.6 is 0 Å². The summed E-state index contributed by atoms with van der Waals surface area (Å²) in [5.41, 5.74) is 5.91. The maximum atomic E-state index is 5.71. The number of nitrogens with zero attached hydrogens (tertiary/aromatic N) is 1. The van der Waals surface area contributed by atoms with Crippen molar-refractivity contribution in [2.75, 3.05) is 26.2 Å². The fourth-order valence-electron chi connectivity index (χ4n) is 1.48. The Morgan fingerprint density at radius 2 is 2.00 bits per heavy atom. The lowest BCUT2D eigenvalue weighted by molar-refractivity contribution is 0.186. The highest BCUT2D eigenvalue weighted by Crippen LogP contribution is 2.15. The minimum atomic E-state index is 0.198. The van der Waals surface area contributed by atoms with Gasteiger partial charge in [-0.1, -0.05) is 20.8 Å². The molecule has 0 radical (unpaired) electrons. The number of hydrogen-bond donors (Lipinski definition) is 1. The van der Waals surface area contributed by atoms with Crippen LogP contribution < -0.4 is 5.73 Å². The topological polar surface area (TPSA) is 29.3 Å². The highest BCUT2D eigenvalue weighted by Gasteiger charge is 2.19. The van der Waals surface area contributed by atoms with Crippen LogP contribution in [-0.4, -0.2) is 31.1 Å². The Bertz CT molecular complexity index is 179. The first kappa shape index (κ1) is 13.5. The van der Waals surface area contributed by atoms with E-state index in [0.29, 0.717) is 0 Å². The van der Waals surface area contributed by atoms with Crippen molar-refractivity contribution in [3.63, 3.8) is 0 Å². The molecule has 0 spiro atoms. The molecule has 0 saturated carbocycles. The fourth-order valence-corrected chi connectivity index (χ4v) is 1.48. The number of nitrogens with two attached hydrogens (primary N) is 1. The number of terminal acetylenes is 1. The molecule has 0 amide bonds. The molecule has 2 nitrogen and oxygen atoms in total. The van der Waals surface area contributed by atoms with Gasteiger partial charge in [-0.05, 0) is 24.9 Å². The van der Waals surface area contributed by atoms with Crippen molar-refractivity contribution in [3.05, 3.63) is 0 Å². The van der Waals surface area contributed by atoms with Crippen molar-refractivity contribution in [2.45, 2.75) is 33.6 Å². The third-order valence-electron chi connectivity index (χ3n) is 2.32. The standard InChI is InChI=1S/C12H24N2/c1-5-7-9-14(8-6-2)11-12(3,4)10-13/h1H,6-11,13H2,2-4H3. The SMILES string of the molecule is C#CCCN(CCC)CC(C)(C)CN. The summed E-state index contributed by atoms with van der Waals surface area (Å²) in [4.78, 5) is 2.41. The maximum absolute atomic E-state index is 5.71. The van der Waals surface area contributed by atoms with Gasteiger partial charge in [0.15, 0.2) is 0 Å². The summed E-state index contributed by atoms with van der Waals surface area (Å²) in [6, 6.07) is 0. The van der Waals surface area contributed by atoms with Crippen LogP contribution in [0.15, 0.2) is 0 Å². The Morgan fingerprint density at radius 3 is 2.43 bits per heavy atom. The molecular formula is C12H24N2. The van der Waals surface area contributed by atoms with E-state index in [0.717, 1.165) is 32.6 Å². The van der Waals surface area contributed by atoms with Crippen molar-refractivity contribution in [1.82, 2.24) is 4.90 Å². The molecule has 0 aliphatic heterocycles. The molecule has 0 aromatic heterocycles. The summed E-state index contributed by atoms with van der Waals surface area (Å²) >= 11 is 0. The minimum absolute atomic E-state index is 0.198. The van der Waals surface area contributed by atoms with Crippen molar-refractivity contribution in [1.29, 1.82) is 0 Å². The molecule has 82 valence electrons. The van der Waals surface area contributed by atoms with E-state index in [9.17, 15) is 0 Å². The largest absolute Gasteiger partial charge is 0.330 e. The van der Waals surface area contributed by atoms with E-state index in [1.807, 2.05) is 0 Å². The zero-order valence-corrected chi connectivity index (χ0v) is 9.84. The lowest BCUT2D eigenvalue weighted by Crippen LogP contribution is -2.39. The summed E-state index contributed by atoms with van der Waals surface area (Å²) in [6.45, 7) is 10.5. The van der Waals surface area contributed by atoms with Gasteiger partial charge in [0, 0.05) is 19.5 Å². The van der Waals surface area contributed by atoms with Gasteiger partial charge in [0.2, 0.25) is 0 Å². The molecule has 0 heterocycles. The lowest BCUT2D eigenvalue weighted by Gasteiger charge is -2.31. The van der Waals surface area contributed by atoms with Gasteiger partial charge < -0.3 is 10.6 Å². The van der Waals surface area contributed by atoms with Crippen molar-refractivity contribution >= 4 is 0 Å². The van der Waals surface area contributed by atoms with Crippen LogP contribution in [0.2, 0.25) is 0 Å². The highest BCUT2D eigenvalue weighted by molar-refractivity contribution is 4.85. The zero-order chi connectivity index (χ0) is 11.0. The normalized spacial score (nSPS) is 11.7. The van der Waals surface area contributed by atoms with Crippen molar-refractivity contribution in [3.8, 4) is 12.3 Å². The summed E-state index contributed by atoms with van der Waals surface area (Å²) < 4.78 is 0. The van der Waals surface area contributed by atoms with Crippen LogP contribution in [0.3, 0.4) is 0 Å². The van der Waals surface area contributed by atoms with Crippen LogP contribution in [-0.2, 0) is 0 Å². The van der Waals surface area contributed by atoms with Crippen LogP contribution in [0.1, 0.15) is 33.6 Å². The molecule has 0 aliphatic rings. The highest BCUT2D eigenvalue weighted by atomic mass is 15.1. The van der Waals surface area contributed by atoms with Crippen molar-refractivity contribution < 1.29 is 0 Å². The maximum Gasteiger partial charge on any atom is 0.0214 e. The van der Waals surface area contributed by atoms with E-state index in [4.69, 9.17) is 12.2 Å². The molecule has 0 saturated heterocycles. The number of hydrogen-bond acceptors (Lipinski definition) is 2. The van der Waals surface area contributed by atoms with E-state index in [2.05, 4.69) is 31.6 Å². The van der Waals surface area contributed by atoms with Gasteiger partial charge in [-0.25, -0.2) is 0 Å². The first-order valence-corrected chi connectivity index (χ1v) is 5.41. The monoisotopic (exact) mass is 196 g/mol. The van der Waals surface area contributed by atoms with Gasteiger partial charge in [0.05, 0.1) is 0 Å². The van der Waals surface area contributed by atoms with E-state index in [1.165, 1.54) is 6.42 Å². The molecule has 0 aliphatic carbocycles. The third kappa shape index (κ3) is 6.01. The van der Waals surface area contributed by atoms with Crippen LogP contribution in [0, 0.1) is 17.8 Å².